The molecule has 0 aromatic carbocycles. The minimum Gasteiger partial charge on any atom is -0.356 e. The number of rotatable bonds is 9. The van der Waals surface area contributed by atoms with Gasteiger partial charge in [-0.15, -0.1) is 0 Å². The van der Waals surface area contributed by atoms with Crippen molar-refractivity contribution in [3.8, 4) is 0 Å². The SMILES string of the molecule is CCCCCCCC(=O)NCC1CCCCC1CBr. The predicted octanol–water partition coefficient (Wildman–Crippen LogP) is 4.66. The van der Waals surface area contributed by atoms with Gasteiger partial charge in [-0.25, -0.2) is 0 Å². The predicted molar refractivity (Wildman–Crippen MR) is 85.6 cm³/mol. The molecule has 2 nitrogen and oxygen atoms in total. The van der Waals surface area contributed by atoms with Crippen LogP contribution in [0.4, 0.5) is 0 Å². The molecule has 1 amide bonds. The molecule has 0 aromatic rings. The molecule has 2 unspecified atom stereocenters. The third kappa shape index (κ3) is 7.34. The molecule has 1 rings (SSSR count). The Morgan fingerprint density at radius 2 is 1.79 bits per heavy atom. The summed E-state index contributed by atoms with van der Waals surface area (Å²) in [5.74, 6) is 1.71. The fourth-order valence-electron chi connectivity index (χ4n) is 2.98. The lowest BCUT2D eigenvalue weighted by atomic mass is 9.80. The minimum atomic E-state index is 0.260. The summed E-state index contributed by atoms with van der Waals surface area (Å²) in [5, 5.41) is 4.24. The highest BCUT2D eigenvalue weighted by atomic mass is 79.9. The molecule has 1 aliphatic carbocycles. The molecule has 0 aliphatic heterocycles. The van der Waals surface area contributed by atoms with Crippen molar-refractivity contribution in [2.24, 2.45) is 11.8 Å². The highest BCUT2D eigenvalue weighted by molar-refractivity contribution is 9.09. The van der Waals surface area contributed by atoms with E-state index in [2.05, 4.69) is 28.2 Å². The van der Waals surface area contributed by atoms with Gasteiger partial charge in [0.15, 0.2) is 0 Å². The number of halogens is 1. The van der Waals surface area contributed by atoms with Gasteiger partial charge in [-0.1, -0.05) is 61.4 Å². The molecule has 0 radical (unpaired) electrons. The van der Waals surface area contributed by atoms with Crippen molar-refractivity contribution in [2.45, 2.75) is 71.1 Å². The molecular weight excluding hydrogens is 302 g/mol. The van der Waals surface area contributed by atoms with Crippen molar-refractivity contribution in [2.75, 3.05) is 11.9 Å². The van der Waals surface area contributed by atoms with Crippen LogP contribution in [0.2, 0.25) is 0 Å². The lowest BCUT2D eigenvalue weighted by Gasteiger charge is -2.30. The molecule has 3 heteroatoms. The van der Waals surface area contributed by atoms with E-state index in [1.807, 2.05) is 0 Å². The van der Waals surface area contributed by atoms with E-state index in [4.69, 9.17) is 0 Å². The molecular formula is C16H30BrNO. The van der Waals surface area contributed by atoms with E-state index in [1.54, 1.807) is 0 Å². The van der Waals surface area contributed by atoms with E-state index in [9.17, 15) is 4.79 Å². The van der Waals surface area contributed by atoms with Gasteiger partial charge in [0.25, 0.3) is 0 Å². The zero-order valence-electron chi connectivity index (χ0n) is 12.4. The maximum absolute atomic E-state index is 11.8. The average Bonchev–Trinajstić information content (AvgIpc) is 2.45. The van der Waals surface area contributed by atoms with E-state index in [-0.39, 0.29) is 5.91 Å². The molecule has 19 heavy (non-hydrogen) atoms. The maximum Gasteiger partial charge on any atom is 0.220 e. The lowest BCUT2D eigenvalue weighted by Crippen LogP contribution is -2.34. The van der Waals surface area contributed by atoms with Crippen LogP contribution in [0.25, 0.3) is 0 Å². The van der Waals surface area contributed by atoms with Gasteiger partial charge in [0.05, 0.1) is 0 Å². The zero-order chi connectivity index (χ0) is 13.9. The van der Waals surface area contributed by atoms with E-state index < -0.39 is 0 Å². The molecule has 0 heterocycles. The zero-order valence-corrected chi connectivity index (χ0v) is 14.0. The molecule has 0 saturated heterocycles. The summed E-state index contributed by atoms with van der Waals surface area (Å²) < 4.78 is 0. The van der Waals surface area contributed by atoms with E-state index >= 15 is 0 Å². The van der Waals surface area contributed by atoms with Gasteiger partial charge in [-0.2, -0.15) is 0 Å². The van der Waals surface area contributed by atoms with Crippen molar-refractivity contribution >= 4 is 21.8 Å². The largest absolute Gasteiger partial charge is 0.356 e. The number of amides is 1. The molecule has 1 saturated carbocycles. The first-order valence-corrected chi connectivity index (χ1v) is 9.22. The van der Waals surface area contributed by atoms with Gasteiger partial charge in [-0.3, -0.25) is 4.79 Å². The van der Waals surface area contributed by atoms with Gasteiger partial charge in [-0.05, 0) is 31.1 Å². The lowest BCUT2D eigenvalue weighted by molar-refractivity contribution is -0.121. The van der Waals surface area contributed by atoms with Gasteiger partial charge < -0.3 is 5.32 Å². The molecule has 0 spiro atoms. The molecule has 0 bridgehead atoms. The van der Waals surface area contributed by atoms with Crippen molar-refractivity contribution < 1.29 is 4.79 Å². The molecule has 0 aromatic heterocycles. The average molecular weight is 332 g/mol. The number of alkyl halides is 1. The quantitative estimate of drug-likeness (QED) is 0.483. The molecule has 1 N–H and O–H groups in total. The van der Waals surface area contributed by atoms with E-state index in [1.165, 1.54) is 51.4 Å². The Bertz CT molecular complexity index is 245. The number of nitrogens with one attached hydrogen (secondary N) is 1. The van der Waals surface area contributed by atoms with Crippen LogP contribution in [-0.4, -0.2) is 17.8 Å². The fourth-order valence-corrected chi connectivity index (χ4v) is 3.83. The van der Waals surface area contributed by atoms with Gasteiger partial charge in [0.2, 0.25) is 5.91 Å². The second-order valence-corrected chi connectivity index (χ2v) is 6.57. The molecule has 1 fully saturated rings. The summed E-state index contributed by atoms with van der Waals surface area (Å²) >= 11 is 3.61. The summed E-state index contributed by atoms with van der Waals surface area (Å²) in [4.78, 5) is 11.8. The Balaban J connectivity index is 2.08. The molecule has 112 valence electrons. The van der Waals surface area contributed by atoms with E-state index in [0.29, 0.717) is 5.92 Å². The van der Waals surface area contributed by atoms with Crippen LogP contribution < -0.4 is 5.32 Å². The van der Waals surface area contributed by atoms with E-state index in [0.717, 1.165) is 30.6 Å². The second-order valence-electron chi connectivity index (χ2n) is 5.93. The van der Waals surface area contributed by atoms with Crippen molar-refractivity contribution in [1.82, 2.24) is 5.32 Å². The number of carbonyl (C=O) groups is 1. The number of carbonyl (C=O) groups excluding carboxylic acids is 1. The van der Waals surface area contributed by atoms with Gasteiger partial charge >= 0.3 is 0 Å². The van der Waals surface area contributed by atoms with Crippen molar-refractivity contribution in [3.05, 3.63) is 0 Å². The molecule has 2 atom stereocenters. The summed E-state index contributed by atoms with van der Waals surface area (Å²) in [7, 11) is 0. The Morgan fingerprint density at radius 3 is 2.47 bits per heavy atom. The Hall–Kier alpha value is -0.0500. The Morgan fingerprint density at radius 1 is 1.11 bits per heavy atom. The maximum atomic E-state index is 11.8. The van der Waals surface area contributed by atoms with Gasteiger partial charge in [0, 0.05) is 18.3 Å². The van der Waals surface area contributed by atoms with Crippen LogP contribution in [0, 0.1) is 11.8 Å². The van der Waals surface area contributed by atoms with Crippen LogP contribution in [0.3, 0.4) is 0 Å². The summed E-state index contributed by atoms with van der Waals surface area (Å²) in [6, 6.07) is 0. The second kappa shape index (κ2) is 10.7. The summed E-state index contributed by atoms with van der Waals surface area (Å²) in [5.41, 5.74) is 0. The first-order chi connectivity index (χ1) is 9.27. The van der Waals surface area contributed by atoms with Crippen molar-refractivity contribution in [3.63, 3.8) is 0 Å². The smallest absolute Gasteiger partial charge is 0.220 e. The van der Waals surface area contributed by atoms with Crippen LogP contribution >= 0.6 is 15.9 Å². The third-order valence-electron chi connectivity index (χ3n) is 4.33. The number of unbranched alkanes of at least 4 members (excludes halogenated alkanes) is 4. The standard InChI is InChI=1S/C16H30BrNO/c1-2-3-4-5-6-11-16(19)18-13-15-10-8-7-9-14(15)12-17/h14-15H,2-13H2,1H3,(H,18,19). The normalized spacial score (nSPS) is 23.3. The number of hydrogen-bond donors (Lipinski definition) is 1. The highest BCUT2D eigenvalue weighted by Gasteiger charge is 2.24. The highest BCUT2D eigenvalue weighted by Crippen LogP contribution is 2.30. The van der Waals surface area contributed by atoms with Crippen molar-refractivity contribution in [1.29, 1.82) is 0 Å². The third-order valence-corrected chi connectivity index (χ3v) is 5.17. The first-order valence-electron chi connectivity index (χ1n) is 8.10. The van der Waals surface area contributed by atoms with Crippen LogP contribution in [0.1, 0.15) is 71.1 Å². The van der Waals surface area contributed by atoms with Crippen LogP contribution in [0.5, 0.6) is 0 Å². The fraction of sp³-hybridized carbons (Fsp3) is 0.938. The number of hydrogen-bond acceptors (Lipinski definition) is 1. The monoisotopic (exact) mass is 331 g/mol. The minimum absolute atomic E-state index is 0.260. The first kappa shape index (κ1) is 17.0. The summed E-state index contributed by atoms with van der Waals surface area (Å²) in [6.07, 6.45) is 12.1. The topological polar surface area (TPSA) is 29.1 Å². The Labute approximate surface area is 127 Å². The summed E-state index contributed by atoms with van der Waals surface area (Å²) in [6.45, 7) is 3.11. The Kier molecular flexibility index (Phi) is 9.58. The van der Waals surface area contributed by atoms with Gasteiger partial charge in [0.1, 0.15) is 0 Å². The van der Waals surface area contributed by atoms with Crippen LogP contribution in [-0.2, 0) is 4.79 Å². The van der Waals surface area contributed by atoms with Crippen LogP contribution in [0.15, 0.2) is 0 Å². The molecule has 1 aliphatic rings.